The molecule has 2 rings (SSSR count). The fraction of sp³-hybridized carbons (Fsp3) is 0.500. The summed E-state index contributed by atoms with van der Waals surface area (Å²) in [5.41, 5.74) is 1.98. The van der Waals surface area contributed by atoms with Crippen LogP contribution in [0.3, 0.4) is 0 Å². The number of rotatable bonds is 12. The van der Waals surface area contributed by atoms with E-state index in [4.69, 9.17) is 4.74 Å². The normalized spacial score (nSPS) is 12.1. The average molecular weight is 477 g/mol. The predicted octanol–water partition coefficient (Wildman–Crippen LogP) is 5.25. The molecule has 7 heteroatoms. The Labute approximate surface area is 200 Å². The van der Waals surface area contributed by atoms with Crippen LogP contribution in [0.2, 0.25) is 0 Å². The molecule has 0 aromatic heterocycles. The number of alkyl carbamates (subject to hydrolysis) is 1. The van der Waals surface area contributed by atoms with Crippen LogP contribution in [0.15, 0.2) is 60.7 Å². The highest BCUT2D eigenvalue weighted by atomic mass is 32.2. The molecule has 0 bridgehead atoms. The zero-order chi connectivity index (χ0) is 24.7. The molecule has 0 saturated heterocycles. The van der Waals surface area contributed by atoms with Crippen molar-refractivity contribution in [3.05, 3.63) is 71.8 Å². The van der Waals surface area contributed by atoms with E-state index in [1.165, 1.54) is 10.6 Å². The minimum atomic E-state index is -3.31. The lowest BCUT2D eigenvalue weighted by Gasteiger charge is -2.25. The molecule has 0 heterocycles. The van der Waals surface area contributed by atoms with Gasteiger partial charge in [0.15, 0.2) is 0 Å². The highest BCUT2D eigenvalue weighted by Crippen LogP contribution is 2.11. The van der Waals surface area contributed by atoms with E-state index in [-0.39, 0.29) is 12.6 Å². The zero-order valence-corrected chi connectivity index (χ0v) is 21.5. The second kappa shape index (κ2) is 15.5. The lowest BCUT2D eigenvalue weighted by Crippen LogP contribution is -2.41. The van der Waals surface area contributed by atoms with E-state index in [9.17, 15) is 13.2 Å². The van der Waals surface area contributed by atoms with E-state index in [0.29, 0.717) is 31.8 Å². The number of nitrogens with one attached hydrogen (secondary N) is 1. The van der Waals surface area contributed by atoms with Crippen LogP contribution in [-0.4, -0.2) is 44.2 Å². The third-order valence-electron chi connectivity index (χ3n) is 5.01. The van der Waals surface area contributed by atoms with E-state index in [1.807, 2.05) is 74.5 Å². The van der Waals surface area contributed by atoms with Crippen molar-refractivity contribution in [3.8, 4) is 0 Å². The van der Waals surface area contributed by atoms with Crippen LogP contribution in [0.5, 0.6) is 0 Å². The SMILES string of the molecule is CC.CC(C)CCN(CC[C@H](Cc1ccccc1)NC(=O)OCc1ccccc1)S(C)(=O)=O. The van der Waals surface area contributed by atoms with Gasteiger partial charge < -0.3 is 10.1 Å². The molecule has 0 spiro atoms. The number of amides is 1. The minimum Gasteiger partial charge on any atom is -0.445 e. The van der Waals surface area contributed by atoms with Crippen molar-refractivity contribution in [3.63, 3.8) is 0 Å². The number of carbonyl (C=O) groups is 1. The smallest absolute Gasteiger partial charge is 0.407 e. The molecule has 0 saturated carbocycles. The van der Waals surface area contributed by atoms with Gasteiger partial charge in [0, 0.05) is 19.1 Å². The van der Waals surface area contributed by atoms with E-state index >= 15 is 0 Å². The van der Waals surface area contributed by atoms with Gasteiger partial charge in [0.05, 0.1) is 6.26 Å². The fourth-order valence-electron chi connectivity index (χ4n) is 3.20. The largest absolute Gasteiger partial charge is 0.445 e. The maximum atomic E-state index is 12.4. The number of benzene rings is 2. The van der Waals surface area contributed by atoms with Crippen LogP contribution in [0, 0.1) is 5.92 Å². The Morgan fingerprint density at radius 1 is 0.909 bits per heavy atom. The molecule has 2 aromatic rings. The molecule has 1 atom stereocenters. The highest BCUT2D eigenvalue weighted by Gasteiger charge is 2.21. The summed E-state index contributed by atoms with van der Waals surface area (Å²) < 4.78 is 31.3. The topological polar surface area (TPSA) is 75.7 Å². The second-order valence-corrected chi connectivity index (χ2v) is 10.2. The Hall–Kier alpha value is -2.38. The summed E-state index contributed by atoms with van der Waals surface area (Å²) in [5, 5.41) is 2.92. The van der Waals surface area contributed by atoms with Crippen LogP contribution >= 0.6 is 0 Å². The molecule has 0 radical (unpaired) electrons. The molecule has 33 heavy (non-hydrogen) atoms. The van der Waals surface area contributed by atoms with Gasteiger partial charge in [-0.25, -0.2) is 17.5 Å². The van der Waals surface area contributed by atoms with Crippen molar-refractivity contribution in [2.24, 2.45) is 5.92 Å². The van der Waals surface area contributed by atoms with Gasteiger partial charge >= 0.3 is 6.09 Å². The first-order valence-corrected chi connectivity index (χ1v) is 13.5. The monoisotopic (exact) mass is 476 g/mol. The molecule has 6 nitrogen and oxygen atoms in total. The summed E-state index contributed by atoms with van der Waals surface area (Å²) in [7, 11) is -3.31. The van der Waals surface area contributed by atoms with Gasteiger partial charge in [-0.2, -0.15) is 0 Å². The number of hydrogen-bond donors (Lipinski definition) is 1. The summed E-state index contributed by atoms with van der Waals surface area (Å²) in [6.45, 7) is 9.16. The molecule has 1 N–H and O–H groups in total. The molecule has 2 aromatic carbocycles. The minimum absolute atomic E-state index is 0.189. The quantitative estimate of drug-likeness (QED) is 0.454. The maximum Gasteiger partial charge on any atom is 0.407 e. The molecular weight excluding hydrogens is 436 g/mol. The summed E-state index contributed by atoms with van der Waals surface area (Å²) in [6.07, 6.45) is 2.63. The molecule has 1 amide bonds. The van der Waals surface area contributed by atoms with Gasteiger partial charge in [0.25, 0.3) is 0 Å². The van der Waals surface area contributed by atoms with Crippen LogP contribution in [0.1, 0.15) is 51.7 Å². The maximum absolute atomic E-state index is 12.4. The number of ether oxygens (including phenoxy) is 1. The average Bonchev–Trinajstić information content (AvgIpc) is 2.79. The van der Waals surface area contributed by atoms with Gasteiger partial charge in [0.1, 0.15) is 6.61 Å². The van der Waals surface area contributed by atoms with Gasteiger partial charge in [-0.15, -0.1) is 0 Å². The summed E-state index contributed by atoms with van der Waals surface area (Å²) in [4.78, 5) is 12.4. The molecular formula is C26H40N2O4S. The standard InChI is InChI=1S/C24H34N2O4S.C2H6/c1-20(2)14-16-26(31(3,28)29)17-15-23(18-21-10-6-4-7-11-21)25-24(27)30-19-22-12-8-5-9-13-22;1-2/h4-13,20,23H,14-19H2,1-3H3,(H,25,27);1-2H3/t23-;/m1./s1. The van der Waals surface area contributed by atoms with Crippen molar-refractivity contribution in [1.82, 2.24) is 9.62 Å². The van der Waals surface area contributed by atoms with Crippen LogP contribution in [-0.2, 0) is 27.8 Å². The van der Waals surface area contributed by atoms with E-state index in [1.54, 1.807) is 0 Å². The van der Waals surface area contributed by atoms with Crippen LogP contribution in [0.4, 0.5) is 4.79 Å². The van der Waals surface area contributed by atoms with Crippen molar-refractivity contribution in [2.45, 2.75) is 59.6 Å². The van der Waals surface area contributed by atoms with Gasteiger partial charge in [-0.1, -0.05) is 88.4 Å². The van der Waals surface area contributed by atoms with Crippen LogP contribution in [0.25, 0.3) is 0 Å². The van der Waals surface area contributed by atoms with E-state index in [2.05, 4.69) is 19.2 Å². The first kappa shape index (κ1) is 28.7. The van der Waals surface area contributed by atoms with Gasteiger partial charge in [0.2, 0.25) is 10.0 Å². The summed E-state index contributed by atoms with van der Waals surface area (Å²) >= 11 is 0. The van der Waals surface area contributed by atoms with E-state index < -0.39 is 16.1 Å². The highest BCUT2D eigenvalue weighted by molar-refractivity contribution is 7.88. The molecule has 0 fully saturated rings. The van der Waals surface area contributed by atoms with Crippen molar-refractivity contribution < 1.29 is 17.9 Å². The lowest BCUT2D eigenvalue weighted by atomic mass is 10.0. The Morgan fingerprint density at radius 3 is 1.94 bits per heavy atom. The van der Waals surface area contributed by atoms with Gasteiger partial charge in [-0.3, -0.25) is 0 Å². The molecule has 0 aliphatic heterocycles. The molecule has 0 unspecified atom stereocenters. The molecule has 184 valence electrons. The number of sulfonamides is 1. The van der Waals surface area contributed by atoms with Gasteiger partial charge in [-0.05, 0) is 36.3 Å². The van der Waals surface area contributed by atoms with Crippen molar-refractivity contribution >= 4 is 16.1 Å². The lowest BCUT2D eigenvalue weighted by molar-refractivity contribution is 0.134. The summed E-state index contributed by atoms with van der Waals surface area (Å²) in [6, 6.07) is 19.1. The van der Waals surface area contributed by atoms with Crippen molar-refractivity contribution in [2.75, 3.05) is 19.3 Å². The zero-order valence-electron chi connectivity index (χ0n) is 20.7. The third kappa shape index (κ3) is 12.4. The first-order chi connectivity index (χ1) is 15.7. The predicted molar refractivity (Wildman–Crippen MR) is 136 cm³/mol. The Kier molecular flexibility index (Phi) is 13.4. The first-order valence-electron chi connectivity index (χ1n) is 11.7. The molecule has 0 aliphatic carbocycles. The fourth-order valence-corrected chi connectivity index (χ4v) is 4.07. The van der Waals surface area contributed by atoms with Crippen LogP contribution < -0.4 is 5.32 Å². The number of nitrogens with zero attached hydrogens (tertiary/aromatic N) is 1. The number of carbonyl (C=O) groups excluding carboxylic acids is 1. The van der Waals surface area contributed by atoms with Crippen molar-refractivity contribution in [1.29, 1.82) is 0 Å². The Bertz CT molecular complexity index is 887. The summed E-state index contributed by atoms with van der Waals surface area (Å²) in [5.74, 6) is 0.412. The number of hydrogen-bond acceptors (Lipinski definition) is 4. The second-order valence-electron chi connectivity index (χ2n) is 8.23. The third-order valence-corrected chi connectivity index (χ3v) is 6.31. The van der Waals surface area contributed by atoms with E-state index in [0.717, 1.165) is 17.5 Å². The Morgan fingerprint density at radius 2 is 1.42 bits per heavy atom. The molecule has 0 aliphatic rings. The Balaban J connectivity index is 0.00000265.